The van der Waals surface area contributed by atoms with Crippen LogP contribution < -0.4 is 10.6 Å². The summed E-state index contributed by atoms with van der Waals surface area (Å²) in [6.07, 6.45) is 2.09. The van der Waals surface area contributed by atoms with Gasteiger partial charge in [-0.25, -0.2) is 0 Å². The summed E-state index contributed by atoms with van der Waals surface area (Å²) < 4.78 is 0. The van der Waals surface area contributed by atoms with Crippen LogP contribution in [0.25, 0.3) is 0 Å². The van der Waals surface area contributed by atoms with Crippen LogP contribution in [-0.2, 0) is 4.79 Å². The Bertz CT molecular complexity index is 423. The van der Waals surface area contributed by atoms with Crippen LogP contribution in [0.4, 0.5) is 5.69 Å². The number of unbranched alkanes of at least 4 members (excludes halogenated alkanes) is 1. The van der Waals surface area contributed by atoms with Crippen LogP contribution in [0.5, 0.6) is 0 Å². The fraction of sp³-hybridized carbons (Fsp3) is 0.429. The molecule has 2 N–H and O–H groups in total. The van der Waals surface area contributed by atoms with Crippen LogP contribution in [0.3, 0.4) is 0 Å². The van der Waals surface area contributed by atoms with Gasteiger partial charge in [0.1, 0.15) is 0 Å². The predicted octanol–water partition coefficient (Wildman–Crippen LogP) is 2.96. The molecule has 3 nitrogen and oxygen atoms in total. The van der Waals surface area contributed by atoms with E-state index in [0.717, 1.165) is 36.2 Å². The Hall–Kier alpha value is -1.42. The molecule has 0 fully saturated rings. The van der Waals surface area contributed by atoms with E-state index in [9.17, 15) is 4.79 Å². The maximum atomic E-state index is 11.8. The lowest BCUT2D eigenvalue weighted by molar-refractivity contribution is -0.110. The van der Waals surface area contributed by atoms with E-state index in [-0.39, 0.29) is 10.9 Å². The second-order valence-corrected chi connectivity index (χ2v) is 4.85. The molecule has 18 heavy (non-hydrogen) atoms. The Kier molecular flexibility index (Phi) is 5.78. The minimum Gasteiger partial charge on any atom is -0.372 e. The second-order valence-electron chi connectivity index (χ2n) is 4.44. The fourth-order valence-corrected chi connectivity index (χ4v) is 1.85. The Morgan fingerprint density at radius 1 is 1.22 bits per heavy atom. The molecule has 0 aliphatic heterocycles. The summed E-state index contributed by atoms with van der Waals surface area (Å²) in [6, 6.07) is 5.92. The van der Waals surface area contributed by atoms with Crippen molar-refractivity contribution in [1.29, 1.82) is 0 Å². The van der Waals surface area contributed by atoms with Crippen molar-refractivity contribution in [2.45, 2.75) is 33.6 Å². The fourth-order valence-electron chi connectivity index (χ4n) is 1.69. The Morgan fingerprint density at radius 2 is 1.83 bits per heavy atom. The molecule has 0 bridgehead atoms. The molecule has 0 spiro atoms. The highest BCUT2D eigenvalue weighted by Crippen LogP contribution is 2.13. The Morgan fingerprint density at radius 3 is 2.39 bits per heavy atom. The first-order valence-corrected chi connectivity index (χ1v) is 6.61. The largest absolute Gasteiger partial charge is 0.372 e. The van der Waals surface area contributed by atoms with Gasteiger partial charge in [-0.1, -0.05) is 31.6 Å². The highest BCUT2D eigenvalue weighted by atomic mass is 32.1. The van der Waals surface area contributed by atoms with E-state index in [1.54, 1.807) is 0 Å². The normalized spacial score (nSPS) is 9.94. The van der Waals surface area contributed by atoms with E-state index in [1.165, 1.54) is 0 Å². The van der Waals surface area contributed by atoms with Crippen LogP contribution in [-0.4, -0.2) is 17.4 Å². The van der Waals surface area contributed by atoms with Crippen LogP contribution in [0.15, 0.2) is 18.2 Å². The molecule has 1 aromatic carbocycles. The van der Waals surface area contributed by atoms with Crippen molar-refractivity contribution < 1.29 is 4.79 Å². The minimum absolute atomic E-state index is 0.244. The third-order valence-electron chi connectivity index (χ3n) is 2.50. The molecular weight excluding hydrogens is 244 g/mol. The Labute approximate surface area is 114 Å². The number of aryl methyl sites for hydroxylation is 2. The lowest BCUT2D eigenvalue weighted by atomic mass is 10.1. The van der Waals surface area contributed by atoms with Crippen molar-refractivity contribution in [3.05, 3.63) is 29.3 Å². The van der Waals surface area contributed by atoms with Gasteiger partial charge in [-0.2, -0.15) is 0 Å². The van der Waals surface area contributed by atoms with Crippen LogP contribution in [0, 0.1) is 13.8 Å². The van der Waals surface area contributed by atoms with E-state index >= 15 is 0 Å². The molecule has 0 saturated carbocycles. The maximum Gasteiger partial charge on any atom is 0.283 e. The molecule has 0 unspecified atom stereocenters. The quantitative estimate of drug-likeness (QED) is 0.649. The second kappa shape index (κ2) is 7.11. The van der Waals surface area contributed by atoms with E-state index < -0.39 is 0 Å². The summed E-state index contributed by atoms with van der Waals surface area (Å²) in [6.45, 7) is 6.84. The van der Waals surface area contributed by atoms with Gasteiger partial charge >= 0.3 is 0 Å². The van der Waals surface area contributed by atoms with Crippen molar-refractivity contribution in [3.63, 3.8) is 0 Å². The van der Waals surface area contributed by atoms with Gasteiger partial charge in [-0.05, 0) is 43.5 Å². The highest BCUT2D eigenvalue weighted by molar-refractivity contribution is 7.82. The zero-order chi connectivity index (χ0) is 13.5. The van der Waals surface area contributed by atoms with Crippen LogP contribution >= 0.6 is 12.2 Å². The summed E-state index contributed by atoms with van der Waals surface area (Å²) >= 11 is 5.03. The topological polar surface area (TPSA) is 41.1 Å². The number of thiocarbonyl (C=S) groups is 1. The molecule has 98 valence electrons. The molecule has 0 heterocycles. The monoisotopic (exact) mass is 264 g/mol. The summed E-state index contributed by atoms with van der Waals surface area (Å²) in [5.74, 6) is -0.244. The zero-order valence-electron chi connectivity index (χ0n) is 11.2. The zero-order valence-corrected chi connectivity index (χ0v) is 12.0. The number of carbonyl (C=O) groups excluding carboxylic acids is 1. The molecule has 1 aromatic rings. The van der Waals surface area contributed by atoms with Gasteiger partial charge in [-0.3, -0.25) is 4.79 Å². The standard InChI is InChI=1S/C14H20N2OS/c1-4-5-6-15-14(18)13(17)16-12-8-10(2)7-11(3)9-12/h7-9H,4-6H2,1-3H3,(H,15,18)(H,16,17). The van der Waals surface area contributed by atoms with Crippen LogP contribution in [0.2, 0.25) is 0 Å². The summed E-state index contributed by atoms with van der Waals surface area (Å²) in [5, 5.41) is 5.76. The SMILES string of the molecule is CCCCNC(=S)C(=O)Nc1cc(C)cc(C)c1. The molecule has 0 saturated heterocycles. The van der Waals surface area contributed by atoms with Gasteiger partial charge in [0.05, 0.1) is 0 Å². The van der Waals surface area contributed by atoms with Gasteiger partial charge in [0, 0.05) is 12.2 Å². The van der Waals surface area contributed by atoms with Gasteiger partial charge < -0.3 is 10.6 Å². The number of hydrogen-bond donors (Lipinski definition) is 2. The average Bonchev–Trinajstić information content (AvgIpc) is 2.27. The van der Waals surface area contributed by atoms with Crippen LogP contribution in [0.1, 0.15) is 30.9 Å². The molecule has 4 heteroatoms. The molecule has 0 aromatic heterocycles. The smallest absolute Gasteiger partial charge is 0.283 e. The summed E-state index contributed by atoms with van der Waals surface area (Å²) in [5.41, 5.74) is 3.03. The van der Waals surface area contributed by atoms with Crippen molar-refractivity contribution in [2.75, 3.05) is 11.9 Å². The lowest BCUT2D eigenvalue weighted by Crippen LogP contribution is -2.34. The first kappa shape index (κ1) is 14.6. The van der Waals surface area contributed by atoms with Gasteiger partial charge in [0.25, 0.3) is 5.91 Å². The van der Waals surface area contributed by atoms with Crippen molar-refractivity contribution in [3.8, 4) is 0 Å². The van der Waals surface area contributed by atoms with E-state index in [4.69, 9.17) is 12.2 Å². The number of hydrogen-bond acceptors (Lipinski definition) is 2. The van der Waals surface area contributed by atoms with Crippen molar-refractivity contribution >= 4 is 28.8 Å². The molecular formula is C14H20N2OS. The molecule has 0 atom stereocenters. The third kappa shape index (κ3) is 4.84. The molecule has 1 rings (SSSR count). The number of nitrogens with one attached hydrogen (secondary N) is 2. The minimum atomic E-state index is -0.244. The number of anilines is 1. The van der Waals surface area contributed by atoms with Gasteiger partial charge in [0.15, 0.2) is 4.99 Å². The van der Waals surface area contributed by atoms with E-state index in [1.807, 2.05) is 26.0 Å². The van der Waals surface area contributed by atoms with Gasteiger partial charge in [0.2, 0.25) is 0 Å². The highest BCUT2D eigenvalue weighted by Gasteiger charge is 2.08. The molecule has 0 aliphatic carbocycles. The third-order valence-corrected chi connectivity index (χ3v) is 2.83. The first-order valence-electron chi connectivity index (χ1n) is 6.20. The first-order chi connectivity index (χ1) is 8.52. The van der Waals surface area contributed by atoms with Gasteiger partial charge in [-0.15, -0.1) is 0 Å². The lowest BCUT2D eigenvalue weighted by Gasteiger charge is -2.09. The van der Waals surface area contributed by atoms with Crippen molar-refractivity contribution in [1.82, 2.24) is 5.32 Å². The van der Waals surface area contributed by atoms with E-state index in [0.29, 0.717) is 0 Å². The number of rotatable bonds is 4. The number of amides is 1. The summed E-state index contributed by atoms with van der Waals surface area (Å²) in [7, 11) is 0. The maximum absolute atomic E-state index is 11.8. The average molecular weight is 264 g/mol. The molecule has 0 radical (unpaired) electrons. The number of carbonyl (C=O) groups is 1. The molecule has 1 amide bonds. The summed E-state index contributed by atoms with van der Waals surface area (Å²) in [4.78, 5) is 12.1. The van der Waals surface area contributed by atoms with E-state index in [2.05, 4.69) is 23.6 Å². The van der Waals surface area contributed by atoms with Crippen molar-refractivity contribution in [2.24, 2.45) is 0 Å². The Balaban J connectivity index is 2.55. The molecule has 0 aliphatic rings. The number of benzene rings is 1. The predicted molar refractivity (Wildman–Crippen MR) is 80.1 cm³/mol.